The van der Waals surface area contributed by atoms with E-state index in [4.69, 9.17) is 4.74 Å². The highest BCUT2D eigenvalue weighted by Crippen LogP contribution is 2.14. The van der Waals surface area contributed by atoms with Crippen LogP contribution in [-0.4, -0.2) is 36.7 Å². The maximum Gasteiger partial charge on any atom is 0.251 e. The van der Waals surface area contributed by atoms with E-state index in [-0.39, 0.29) is 12.0 Å². The van der Waals surface area contributed by atoms with Crippen LogP contribution in [0.25, 0.3) is 0 Å². The fourth-order valence-electron chi connectivity index (χ4n) is 1.97. The number of carbonyl (C=O) groups is 1. The molecule has 1 fully saturated rings. The Morgan fingerprint density at radius 1 is 1.38 bits per heavy atom. The first-order valence-electron chi connectivity index (χ1n) is 6.11. The van der Waals surface area contributed by atoms with E-state index in [2.05, 4.69) is 10.6 Å². The molecule has 0 aliphatic carbocycles. The highest BCUT2D eigenvalue weighted by atomic mass is 16.5. The second kappa shape index (κ2) is 5.64. The van der Waals surface area contributed by atoms with E-state index in [9.17, 15) is 4.79 Å². The Bertz CT molecular complexity index is 233. The molecule has 0 atom stereocenters. The van der Waals surface area contributed by atoms with Gasteiger partial charge >= 0.3 is 0 Å². The molecule has 0 saturated carbocycles. The zero-order chi connectivity index (χ0) is 12.2. The minimum Gasteiger partial charge on any atom is -0.363 e. The predicted molar refractivity (Wildman–Crippen MR) is 64.3 cm³/mol. The third-order valence-electron chi connectivity index (χ3n) is 2.75. The van der Waals surface area contributed by atoms with Crippen LogP contribution in [0.15, 0.2) is 0 Å². The van der Waals surface area contributed by atoms with Gasteiger partial charge in [0.25, 0.3) is 5.91 Å². The lowest BCUT2D eigenvalue weighted by Crippen LogP contribution is -2.51. The largest absolute Gasteiger partial charge is 0.363 e. The Hall–Kier alpha value is -0.610. The maximum absolute atomic E-state index is 12.0. The number of piperidine rings is 1. The number of hydrogen-bond acceptors (Lipinski definition) is 3. The Balaban J connectivity index is 2.43. The van der Waals surface area contributed by atoms with E-state index in [0.717, 1.165) is 25.9 Å². The van der Waals surface area contributed by atoms with Gasteiger partial charge in [-0.2, -0.15) is 0 Å². The predicted octanol–water partition coefficient (Wildman–Crippen LogP) is 1.06. The summed E-state index contributed by atoms with van der Waals surface area (Å²) in [6.45, 7) is 9.50. The SMILES string of the molecule is CC(C)OC(C)(C)C(=O)NC1CCNCC1. The van der Waals surface area contributed by atoms with Gasteiger partial charge in [0.05, 0.1) is 6.10 Å². The first kappa shape index (κ1) is 13.5. The Morgan fingerprint density at radius 2 is 1.94 bits per heavy atom. The second-order valence-corrected chi connectivity index (χ2v) is 5.17. The van der Waals surface area contributed by atoms with Gasteiger partial charge in [-0.15, -0.1) is 0 Å². The molecule has 1 aliphatic heterocycles. The number of carbonyl (C=O) groups excluding carboxylic acids is 1. The number of amides is 1. The Labute approximate surface area is 98.1 Å². The molecule has 0 unspecified atom stereocenters. The van der Waals surface area contributed by atoms with Crippen LogP contribution in [0.3, 0.4) is 0 Å². The van der Waals surface area contributed by atoms with E-state index < -0.39 is 5.60 Å². The molecule has 1 aliphatic rings. The molecule has 16 heavy (non-hydrogen) atoms. The van der Waals surface area contributed by atoms with Crippen LogP contribution < -0.4 is 10.6 Å². The van der Waals surface area contributed by atoms with Gasteiger partial charge in [-0.1, -0.05) is 0 Å². The van der Waals surface area contributed by atoms with Crippen LogP contribution in [-0.2, 0) is 9.53 Å². The second-order valence-electron chi connectivity index (χ2n) is 5.17. The average molecular weight is 228 g/mol. The summed E-state index contributed by atoms with van der Waals surface area (Å²) in [4.78, 5) is 12.0. The molecule has 4 nitrogen and oxygen atoms in total. The van der Waals surface area contributed by atoms with Gasteiger partial charge in [0.2, 0.25) is 0 Å². The molecule has 0 aromatic heterocycles. The van der Waals surface area contributed by atoms with E-state index in [1.807, 2.05) is 27.7 Å². The molecule has 0 bridgehead atoms. The third kappa shape index (κ3) is 4.10. The first-order valence-corrected chi connectivity index (χ1v) is 6.11. The van der Waals surface area contributed by atoms with E-state index in [1.165, 1.54) is 0 Å². The average Bonchev–Trinajstić information content (AvgIpc) is 2.17. The van der Waals surface area contributed by atoms with Crippen LogP contribution in [0.1, 0.15) is 40.5 Å². The van der Waals surface area contributed by atoms with Crippen molar-refractivity contribution in [2.75, 3.05) is 13.1 Å². The van der Waals surface area contributed by atoms with Crippen LogP contribution in [0.4, 0.5) is 0 Å². The van der Waals surface area contributed by atoms with Gasteiger partial charge < -0.3 is 15.4 Å². The minimum absolute atomic E-state index is 0.00639. The van der Waals surface area contributed by atoms with Crippen molar-refractivity contribution >= 4 is 5.91 Å². The van der Waals surface area contributed by atoms with Crippen molar-refractivity contribution in [2.45, 2.75) is 58.3 Å². The molecule has 2 N–H and O–H groups in total. The van der Waals surface area contributed by atoms with Gasteiger partial charge in [-0.05, 0) is 53.6 Å². The van der Waals surface area contributed by atoms with Crippen LogP contribution >= 0.6 is 0 Å². The summed E-state index contributed by atoms with van der Waals surface area (Å²) in [5.41, 5.74) is -0.737. The molecule has 1 heterocycles. The topological polar surface area (TPSA) is 50.4 Å². The maximum atomic E-state index is 12.0. The fourth-order valence-corrected chi connectivity index (χ4v) is 1.97. The first-order chi connectivity index (χ1) is 7.42. The van der Waals surface area contributed by atoms with Crippen molar-refractivity contribution in [1.29, 1.82) is 0 Å². The van der Waals surface area contributed by atoms with Crippen molar-refractivity contribution < 1.29 is 9.53 Å². The van der Waals surface area contributed by atoms with Crippen LogP contribution in [0.2, 0.25) is 0 Å². The molecule has 0 radical (unpaired) electrons. The van der Waals surface area contributed by atoms with Crippen molar-refractivity contribution in [3.63, 3.8) is 0 Å². The van der Waals surface area contributed by atoms with Gasteiger partial charge in [0, 0.05) is 6.04 Å². The Morgan fingerprint density at radius 3 is 2.44 bits per heavy atom. The standard InChI is InChI=1S/C12H24N2O2/c1-9(2)16-12(3,4)11(15)14-10-5-7-13-8-6-10/h9-10,13H,5-8H2,1-4H3,(H,14,15). The zero-order valence-electron chi connectivity index (χ0n) is 10.8. The van der Waals surface area contributed by atoms with Gasteiger partial charge in [-0.25, -0.2) is 0 Å². The summed E-state index contributed by atoms with van der Waals surface area (Å²) >= 11 is 0. The molecule has 1 rings (SSSR count). The fraction of sp³-hybridized carbons (Fsp3) is 0.917. The molecule has 1 saturated heterocycles. The van der Waals surface area contributed by atoms with Crippen molar-refractivity contribution in [3.8, 4) is 0 Å². The van der Waals surface area contributed by atoms with Gasteiger partial charge in [-0.3, -0.25) is 4.79 Å². The third-order valence-corrected chi connectivity index (χ3v) is 2.75. The van der Waals surface area contributed by atoms with Crippen molar-refractivity contribution in [3.05, 3.63) is 0 Å². The van der Waals surface area contributed by atoms with E-state index in [1.54, 1.807) is 0 Å². The normalized spacial score (nSPS) is 18.8. The summed E-state index contributed by atoms with van der Waals surface area (Å²) in [7, 11) is 0. The lowest BCUT2D eigenvalue weighted by atomic mass is 10.0. The Kier molecular flexibility index (Phi) is 4.74. The lowest BCUT2D eigenvalue weighted by molar-refractivity contribution is -0.148. The minimum atomic E-state index is -0.737. The summed E-state index contributed by atoms with van der Waals surface area (Å²) in [5.74, 6) is -0.00639. The number of ether oxygens (including phenoxy) is 1. The van der Waals surface area contributed by atoms with Gasteiger partial charge in [0.15, 0.2) is 0 Å². The highest BCUT2D eigenvalue weighted by molar-refractivity contribution is 5.84. The quantitative estimate of drug-likeness (QED) is 0.756. The summed E-state index contributed by atoms with van der Waals surface area (Å²) in [6, 6.07) is 0.295. The summed E-state index contributed by atoms with van der Waals surface area (Å²) < 4.78 is 5.61. The number of nitrogens with one attached hydrogen (secondary N) is 2. The molecule has 0 aromatic carbocycles. The number of hydrogen-bond donors (Lipinski definition) is 2. The monoisotopic (exact) mass is 228 g/mol. The highest BCUT2D eigenvalue weighted by Gasteiger charge is 2.31. The van der Waals surface area contributed by atoms with Crippen LogP contribution in [0, 0.1) is 0 Å². The van der Waals surface area contributed by atoms with E-state index >= 15 is 0 Å². The molecular weight excluding hydrogens is 204 g/mol. The molecule has 0 aromatic rings. The smallest absolute Gasteiger partial charge is 0.251 e. The lowest BCUT2D eigenvalue weighted by Gasteiger charge is -2.30. The van der Waals surface area contributed by atoms with Gasteiger partial charge in [0.1, 0.15) is 5.60 Å². The zero-order valence-corrected chi connectivity index (χ0v) is 10.8. The number of rotatable bonds is 4. The van der Waals surface area contributed by atoms with Crippen molar-refractivity contribution in [1.82, 2.24) is 10.6 Å². The van der Waals surface area contributed by atoms with Crippen molar-refractivity contribution in [2.24, 2.45) is 0 Å². The van der Waals surface area contributed by atoms with E-state index in [0.29, 0.717) is 6.04 Å². The summed E-state index contributed by atoms with van der Waals surface area (Å²) in [5, 5.41) is 6.34. The molecule has 94 valence electrons. The molecule has 4 heteroatoms. The molecular formula is C12H24N2O2. The molecule has 1 amide bonds. The summed E-state index contributed by atoms with van der Waals surface area (Å²) in [6.07, 6.45) is 2.07. The molecule has 0 spiro atoms. The van der Waals surface area contributed by atoms with Crippen LogP contribution in [0.5, 0.6) is 0 Å².